The van der Waals surface area contributed by atoms with E-state index in [4.69, 9.17) is 18.9 Å². The lowest BCUT2D eigenvalue weighted by Crippen LogP contribution is -2.64. The third-order valence-corrected chi connectivity index (χ3v) is 14.5. The lowest BCUT2D eigenvalue weighted by atomic mass is 9.86. The Labute approximate surface area is 389 Å². The largest absolute Gasteiger partial charge is 0.394 e. The molecule has 0 radical (unpaired) electrons. The van der Waals surface area contributed by atoms with Gasteiger partial charge in [-0.05, 0) is 107 Å². The van der Waals surface area contributed by atoms with E-state index in [0.717, 1.165) is 52.9 Å². The molecule has 4 heterocycles. The van der Waals surface area contributed by atoms with Gasteiger partial charge in [0.2, 0.25) is 5.79 Å². The summed E-state index contributed by atoms with van der Waals surface area (Å²) in [6, 6.07) is 31.6. The van der Waals surface area contributed by atoms with Crippen molar-refractivity contribution in [3.05, 3.63) is 164 Å². The third-order valence-electron chi connectivity index (χ3n) is 12.2. The normalized spacial score (nSPS) is 27.0. The van der Waals surface area contributed by atoms with Crippen LogP contribution in [0.2, 0.25) is 0 Å². The molecule has 2 aliphatic heterocycles. The highest BCUT2D eigenvalue weighted by Crippen LogP contribution is 2.43. The molecule has 2 unspecified atom stereocenters. The van der Waals surface area contributed by atoms with E-state index in [1.165, 1.54) is 42.7 Å². The smallest absolute Gasteiger partial charge is 0.224 e. The van der Waals surface area contributed by atoms with E-state index in [0.29, 0.717) is 17.5 Å². The summed E-state index contributed by atoms with van der Waals surface area (Å²) in [5.41, 5.74) is 6.74. The quantitative estimate of drug-likeness (QED) is 0.0731. The maximum atomic E-state index is 13.3. The fraction of sp³-hybridized carbons (Fsp3) is 0.360. The molecule has 2 aliphatic rings. The Balaban J connectivity index is 0.000000198. The summed E-state index contributed by atoms with van der Waals surface area (Å²) in [7, 11) is 2.91. The molecule has 66 heavy (non-hydrogen) atoms. The summed E-state index contributed by atoms with van der Waals surface area (Å²) in [6.45, 7) is 2.89. The predicted molar refractivity (Wildman–Crippen MR) is 245 cm³/mol. The fourth-order valence-corrected chi connectivity index (χ4v) is 10.5. The van der Waals surface area contributed by atoms with Crippen LogP contribution in [0.5, 0.6) is 0 Å². The summed E-state index contributed by atoms with van der Waals surface area (Å²) in [4.78, 5) is 4.05. The second kappa shape index (κ2) is 21.3. The minimum absolute atomic E-state index is 0.263. The zero-order valence-corrected chi connectivity index (χ0v) is 38.2. The number of aliphatic hydroxyl groups is 8. The number of thiophene rings is 2. The van der Waals surface area contributed by atoms with Crippen molar-refractivity contribution in [2.45, 2.75) is 87.1 Å². The SMILES string of the molecule is COC(c1ccc(-c2ccc(F)cc2)s1)c1cc([C@]2(OC)O[C@H](CO)[C@@H](O)[C@H](O)[C@H]2O)ccc1C.Cc1ccc(C2O[C@H](CO)[C@@H](O)[C@H](O)[C@H]2O)cc1Cc1ccc(-c2ccc(F)cc2)s1. The van der Waals surface area contributed by atoms with E-state index in [1.807, 2.05) is 62.4 Å². The Kier molecular flexibility index (Phi) is 16.0. The number of halogens is 2. The van der Waals surface area contributed by atoms with Crippen LogP contribution in [0, 0.1) is 25.5 Å². The van der Waals surface area contributed by atoms with Gasteiger partial charge in [-0.1, -0.05) is 54.6 Å². The highest BCUT2D eigenvalue weighted by molar-refractivity contribution is 7.15. The van der Waals surface area contributed by atoms with Crippen LogP contribution in [0.1, 0.15) is 55.3 Å². The molecule has 2 fully saturated rings. The fourth-order valence-electron chi connectivity index (χ4n) is 8.33. The van der Waals surface area contributed by atoms with E-state index < -0.39 is 80.0 Å². The summed E-state index contributed by atoms with van der Waals surface area (Å²) in [5.74, 6) is -2.38. The molecule has 11 atom stereocenters. The average molecular weight is 949 g/mol. The Morgan fingerprint density at radius 3 is 1.83 bits per heavy atom. The molecule has 8 rings (SSSR count). The Hall–Kier alpha value is -4.34. The van der Waals surface area contributed by atoms with Crippen molar-refractivity contribution in [1.29, 1.82) is 0 Å². The van der Waals surface area contributed by atoms with Crippen LogP contribution in [0.3, 0.4) is 0 Å². The van der Waals surface area contributed by atoms with Crippen LogP contribution in [-0.2, 0) is 31.2 Å². The lowest BCUT2D eigenvalue weighted by molar-refractivity contribution is -0.366. The van der Waals surface area contributed by atoms with Crippen molar-refractivity contribution in [2.75, 3.05) is 27.4 Å². The first-order valence-electron chi connectivity index (χ1n) is 21.2. The van der Waals surface area contributed by atoms with E-state index in [-0.39, 0.29) is 11.6 Å². The number of methoxy groups -OCH3 is 2. The van der Waals surface area contributed by atoms with E-state index in [9.17, 15) is 49.6 Å². The third kappa shape index (κ3) is 10.2. The van der Waals surface area contributed by atoms with Gasteiger partial charge in [0, 0.05) is 45.7 Å². The number of hydrogen-bond donors (Lipinski definition) is 8. The summed E-state index contributed by atoms with van der Waals surface area (Å²) >= 11 is 3.15. The molecular formula is C50H54F2O12S2. The number of hydrogen-bond acceptors (Lipinski definition) is 14. The maximum Gasteiger partial charge on any atom is 0.224 e. The molecule has 8 N–H and O–H groups in total. The number of benzene rings is 4. The first kappa shape index (κ1) is 49.6. The topological polar surface area (TPSA) is 199 Å². The summed E-state index contributed by atoms with van der Waals surface area (Å²) in [5, 5.41) is 81.1. The molecule has 0 aliphatic carbocycles. The molecular weight excluding hydrogens is 895 g/mol. The summed E-state index contributed by atoms with van der Waals surface area (Å²) in [6.07, 6.45) is -11.5. The van der Waals surface area contributed by atoms with Gasteiger partial charge in [-0.3, -0.25) is 0 Å². The van der Waals surface area contributed by atoms with Crippen LogP contribution < -0.4 is 0 Å². The Morgan fingerprint density at radius 1 is 0.636 bits per heavy atom. The number of aryl methyl sites for hydroxylation is 2. The Bertz CT molecular complexity index is 2530. The van der Waals surface area contributed by atoms with E-state index in [1.54, 1.807) is 54.8 Å². The zero-order valence-electron chi connectivity index (χ0n) is 36.6. The molecule has 0 saturated carbocycles. The van der Waals surface area contributed by atoms with Gasteiger partial charge in [0.05, 0.1) is 13.2 Å². The minimum Gasteiger partial charge on any atom is -0.394 e. The molecule has 12 nitrogen and oxygen atoms in total. The molecule has 2 saturated heterocycles. The molecule has 16 heteroatoms. The zero-order chi connectivity index (χ0) is 47.4. The van der Waals surface area contributed by atoms with Crippen molar-refractivity contribution >= 4 is 22.7 Å². The van der Waals surface area contributed by atoms with Gasteiger partial charge in [0.25, 0.3) is 0 Å². The van der Waals surface area contributed by atoms with Crippen molar-refractivity contribution in [2.24, 2.45) is 0 Å². The standard InChI is InChI=1S/C26H29FO7S.C24H25FO5S/c1-14-4-7-16(26(33-3)25(31)23(30)22(29)19(13-28)34-26)12-18(14)24(32-2)21-11-10-20(35-21)15-5-8-17(27)9-6-15;1-13-2-3-15(24-23(29)22(28)21(27)19(12-26)30-24)10-16(13)11-18-8-9-20(31-18)14-4-6-17(25)7-5-14/h4-12,19,22-25,28-31H,13H2,1-3H3;2-10,19,21-24,26-29H,11-12H2,1H3/t19-,22-,23+,24?,25-,26+;19-,21-,22+,23-,24?/m11/s1. The lowest BCUT2D eigenvalue weighted by Gasteiger charge is -2.47. The summed E-state index contributed by atoms with van der Waals surface area (Å²) < 4.78 is 49.5. The molecule has 6 aromatic rings. The average Bonchev–Trinajstić information content (AvgIpc) is 4.01. The van der Waals surface area contributed by atoms with Crippen molar-refractivity contribution in [3.8, 4) is 20.9 Å². The first-order valence-corrected chi connectivity index (χ1v) is 22.9. The van der Waals surface area contributed by atoms with Gasteiger partial charge in [-0.15, -0.1) is 22.7 Å². The first-order chi connectivity index (χ1) is 31.6. The van der Waals surface area contributed by atoms with Gasteiger partial charge < -0.3 is 59.8 Å². The highest BCUT2D eigenvalue weighted by Gasteiger charge is 2.55. The monoisotopic (exact) mass is 948 g/mol. The molecule has 352 valence electrons. The van der Waals surface area contributed by atoms with Gasteiger partial charge in [-0.25, -0.2) is 8.78 Å². The second-order valence-corrected chi connectivity index (χ2v) is 18.7. The molecule has 2 aromatic heterocycles. The van der Waals surface area contributed by atoms with Crippen LogP contribution in [0.25, 0.3) is 20.9 Å². The Morgan fingerprint density at radius 2 is 1.23 bits per heavy atom. The molecule has 0 amide bonds. The van der Waals surface area contributed by atoms with Crippen LogP contribution in [0.15, 0.2) is 109 Å². The highest BCUT2D eigenvalue weighted by atomic mass is 32.1. The van der Waals surface area contributed by atoms with Crippen molar-refractivity contribution in [3.63, 3.8) is 0 Å². The van der Waals surface area contributed by atoms with Gasteiger partial charge in [0.15, 0.2) is 0 Å². The van der Waals surface area contributed by atoms with Gasteiger partial charge >= 0.3 is 0 Å². The van der Waals surface area contributed by atoms with E-state index >= 15 is 0 Å². The second-order valence-electron chi connectivity index (χ2n) is 16.4. The maximum absolute atomic E-state index is 13.3. The number of aliphatic hydroxyl groups excluding tert-OH is 8. The predicted octanol–water partition coefficient (Wildman–Crippen LogP) is 5.84. The van der Waals surface area contributed by atoms with E-state index in [2.05, 4.69) is 0 Å². The molecule has 4 aromatic carbocycles. The van der Waals surface area contributed by atoms with Crippen LogP contribution in [-0.4, -0.2) is 117 Å². The van der Waals surface area contributed by atoms with Crippen LogP contribution in [0.4, 0.5) is 8.78 Å². The van der Waals surface area contributed by atoms with Gasteiger partial charge in [-0.2, -0.15) is 0 Å². The van der Waals surface area contributed by atoms with Crippen LogP contribution >= 0.6 is 22.7 Å². The number of ether oxygens (including phenoxy) is 4. The van der Waals surface area contributed by atoms with Crippen molar-refractivity contribution < 1.29 is 68.6 Å². The molecule has 0 spiro atoms. The van der Waals surface area contributed by atoms with Crippen molar-refractivity contribution in [1.82, 2.24) is 0 Å². The number of rotatable bonds is 12. The van der Waals surface area contributed by atoms with Gasteiger partial charge in [0.1, 0.15) is 72.7 Å². The molecule has 0 bridgehead atoms. The minimum atomic E-state index is -1.82.